The van der Waals surface area contributed by atoms with Gasteiger partial charge in [-0.15, -0.1) is 0 Å². The SMILES string of the molecule is COC(=O)C(CN(C)C)C(C)(C)C. The highest BCUT2D eigenvalue weighted by molar-refractivity contribution is 5.73. The van der Waals surface area contributed by atoms with Crippen molar-refractivity contribution in [2.75, 3.05) is 27.7 Å². The minimum absolute atomic E-state index is 0.0443. The molecule has 0 amide bonds. The summed E-state index contributed by atoms with van der Waals surface area (Å²) in [4.78, 5) is 13.5. The van der Waals surface area contributed by atoms with Gasteiger partial charge in [-0.2, -0.15) is 0 Å². The molecular formula is C10H21NO2. The Morgan fingerprint density at radius 1 is 1.38 bits per heavy atom. The molecule has 0 bridgehead atoms. The smallest absolute Gasteiger partial charge is 0.310 e. The number of nitrogens with zero attached hydrogens (tertiary/aromatic N) is 1. The molecule has 1 unspecified atom stereocenters. The molecule has 0 N–H and O–H groups in total. The molecule has 3 nitrogen and oxygen atoms in total. The molecule has 0 aromatic heterocycles. The van der Waals surface area contributed by atoms with Crippen molar-refractivity contribution < 1.29 is 9.53 Å². The Balaban J connectivity index is 4.47. The Morgan fingerprint density at radius 3 is 2.08 bits per heavy atom. The van der Waals surface area contributed by atoms with Gasteiger partial charge in [0.2, 0.25) is 0 Å². The molecule has 0 aliphatic carbocycles. The van der Waals surface area contributed by atoms with E-state index >= 15 is 0 Å². The third-order valence-corrected chi connectivity index (χ3v) is 2.08. The van der Waals surface area contributed by atoms with Crippen molar-refractivity contribution in [3.63, 3.8) is 0 Å². The molecule has 0 saturated carbocycles. The summed E-state index contributed by atoms with van der Waals surface area (Å²) in [7, 11) is 5.36. The van der Waals surface area contributed by atoms with E-state index in [0.29, 0.717) is 0 Å². The van der Waals surface area contributed by atoms with Gasteiger partial charge in [0.05, 0.1) is 13.0 Å². The van der Waals surface area contributed by atoms with Gasteiger partial charge in [-0.05, 0) is 19.5 Å². The van der Waals surface area contributed by atoms with Gasteiger partial charge in [-0.3, -0.25) is 4.79 Å². The summed E-state index contributed by atoms with van der Waals surface area (Å²) in [6.07, 6.45) is 0. The average molecular weight is 187 g/mol. The van der Waals surface area contributed by atoms with Gasteiger partial charge in [-0.1, -0.05) is 20.8 Å². The fraction of sp³-hybridized carbons (Fsp3) is 0.900. The van der Waals surface area contributed by atoms with Crippen molar-refractivity contribution in [3.05, 3.63) is 0 Å². The van der Waals surface area contributed by atoms with Crippen molar-refractivity contribution >= 4 is 5.97 Å². The van der Waals surface area contributed by atoms with Crippen LogP contribution >= 0.6 is 0 Å². The van der Waals surface area contributed by atoms with Gasteiger partial charge in [-0.25, -0.2) is 0 Å². The van der Waals surface area contributed by atoms with Crippen molar-refractivity contribution in [1.29, 1.82) is 0 Å². The zero-order chi connectivity index (χ0) is 10.6. The summed E-state index contributed by atoms with van der Waals surface area (Å²) in [6.45, 7) is 6.89. The van der Waals surface area contributed by atoms with Crippen LogP contribution in [0.5, 0.6) is 0 Å². The lowest BCUT2D eigenvalue weighted by Crippen LogP contribution is -2.37. The summed E-state index contributed by atoms with van der Waals surface area (Å²) in [5, 5.41) is 0. The Hall–Kier alpha value is -0.570. The van der Waals surface area contributed by atoms with E-state index in [-0.39, 0.29) is 17.3 Å². The van der Waals surface area contributed by atoms with Crippen LogP contribution in [0.3, 0.4) is 0 Å². The van der Waals surface area contributed by atoms with Crippen molar-refractivity contribution in [2.45, 2.75) is 20.8 Å². The van der Waals surface area contributed by atoms with Crippen LogP contribution in [0.2, 0.25) is 0 Å². The number of rotatable bonds is 3. The van der Waals surface area contributed by atoms with Crippen molar-refractivity contribution in [3.8, 4) is 0 Å². The second-order valence-electron chi connectivity index (χ2n) is 4.70. The minimum atomic E-state index is -0.124. The van der Waals surface area contributed by atoms with E-state index in [2.05, 4.69) is 20.8 Å². The van der Waals surface area contributed by atoms with E-state index < -0.39 is 0 Å². The number of ether oxygens (including phenoxy) is 1. The van der Waals surface area contributed by atoms with E-state index in [4.69, 9.17) is 4.74 Å². The van der Waals surface area contributed by atoms with Crippen molar-refractivity contribution in [2.24, 2.45) is 11.3 Å². The van der Waals surface area contributed by atoms with E-state index in [9.17, 15) is 4.79 Å². The van der Waals surface area contributed by atoms with Crippen LogP contribution in [0.1, 0.15) is 20.8 Å². The molecule has 0 aromatic carbocycles. The Bertz CT molecular complexity index is 170. The van der Waals surface area contributed by atoms with Gasteiger partial charge in [0, 0.05) is 6.54 Å². The quantitative estimate of drug-likeness (QED) is 0.625. The van der Waals surface area contributed by atoms with E-state index in [1.54, 1.807) is 0 Å². The lowest BCUT2D eigenvalue weighted by atomic mass is 9.80. The average Bonchev–Trinajstić information content (AvgIpc) is 1.96. The first-order valence-corrected chi connectivity index (χ1v) is 4.51. The summed E-state index contributed by atoms with van der Waals surface area (Å²) in [5.74, 6) is -0.186. The molecule has 0 rings (SSSR count). The van der Waals surface area contributed by atoms with Crippen LogP contribution in [-0.2, 0) is 9.53 Å². The van der Waals surface area contributed by atoms with Gasteiger partial charge >= 0.3 is 5.97 Å². The molecule has 13 heavy (non-hydrogen) atoms. The molecule has 0 heterocycles. The topological polar surface area (TPSA) is 29.5 Å². The standard InChI is InChI=1S/C10H21NO2/c1-10(2,3)8(7-11(4)5)9(12)13-6/h8H,7H2,1-6H3. The monoisotopic (exact) mass is 187 g/mol. The van der Waals surface area contributed by atoms with Gasteiger partial charge in [0.15, 0.2) is 0 Å². The second kappa shape index (κ2) is 4.61. The highest BCUT2D eigenvalue weighted by Gasteiger charge is 2.32. The number of hydrogen-bond donors (Lipinski definition) is 0. The number of carbonyl (C=O) groups excluding carboxylic acids is 1. The van der Waals surface area contributed by atoms with E-state index in [1.807, 2.05) is 19.0 Å². The predicted octanol–water partition coefficient (Wildman–Crippen LogP) is 1.38. The van der Waals surface area contributed by atoms with Gasteiger partial charge < -0.3 is 9.64 Å². The van der Waals surface area contributed by atoms with Crippen LogP contribution in [-0.4, -0.2) is 38.6 Å². The third-order valence-electron chi connectivity index (χ3n) is 2.08. The van der Waals surface area contributed by atoms with Crippen LogP contribution in [0.4, 0.5) is 0 Å². The summed E-state index contributed by atoms with van der Waals surface area (Å²) >= 11 is 0. The van der Waals surface area contributed by atoms with Crippen LogP contribution < -0.4 is 0 Å². The maximum absolute atomic E-state index is 11.4. The molecular weight excluding hydrogens is 166 g/mol. The number of methoxy groups -OCH3 is 1. The molecule has 0 spiro atoms. The molecule has 0 fully saturated rings. The first-order valence-electron chi connectivity index (χ1n) is 4.51. The maximum atomic E-state index is 11.4. The highest BCUT2D eigenvalue weighted by Crippen LogP contribution is 2.27. The zero-order valence-electron chi connectivity index (χ0n) is 9.55. The molecule has 0 saturated heterocycles. The predicted molar refractivity (Wildman–Crippen MR) is 53.5 cm³/mol. The normalized spacial score (nSPS) is 14.4. The molecule has 0 aliphatic rings. The summed E-state index contributed by atoms with van der Waals surface area (Å²) in [6, 6.07) is 0. The maximum Gasteiger partial charge on any atom is 0.310 e. The number of hydrogen-bond acceptors (Lipinski definition) is 3. The first kappa shape index (κ1) is 12.4. The lowest BCUT2D eigenvalue weighted by molar-refractivity contribution is -0.149. The molecule has 1 atom stereocenters. The zero-order valence-corrected chi connectivity index (χ0v) is 9.55. The fourth-order valence-electron chi connectivity index (χ4n) is 1.21. The minimum Gasteiger partial charge on any atom is -0.469 e. The van der Waals surface area contributed by atoms with Gasteiger partial charge in [0.1, 0.15) is 0 Å². The molecule has 0 aromatic rings. The Morgan fingerprint density at radius 2 is 1.85 bits per heavy atom. The summed E-state index contributed by atoms with van der Waals surface area (Å²) in [5.41, 5.74) is -0.0443. The fourth-order valence-corrected chi connectivity index (χ4v) is 1.21. The van der Waals surface area contributed by atoms with Crippen LogP contribution in [0.15, 0.2) is 0 Å². The molecule has 0 aliphatic heterocycles. The summed E-state index contributed by atoms with van der Waals surface area (Å²) < 4.78 is 4.77. The number of esters is 1. The van der Waals surface area contributed by atoms with E-state index in [0.717, 1.165) is 6.54 Å². The third kappa shape index (κ3) is 4.27. The Labute approximate surface area is 81.1 Å². The van der Waals surface area contributed by atoms with E-state index in [1.165, 1.54) is 7.11 Å². The lowest BCUT2D eigenvalue weighted by Gasteiger charge is -2.30. The number of carbonyl (C=O) groups is 1. The molecule has 78 valence electrons. The van der Waals surface area contributed by atoms with Gasteiger partial charge in [0.25, 0.3) is 0 Å². The highest BCUT2D eigenvalue weighted by atomic mass is 16.5. The first-order chi connectivity index (χ1) is 5.79. The molecule has 0 radical (unpaired) electrons. The van der Waals surface area contributed by atoms with Crippen LogP contribution in [0.25, 0.3) is 0 Å². The Kier molecular flexibility index (Phi) is 4.40. The van der Waals surface area contributed by atoms with Crippen molar-refractivity contribution in [1.82, 2.24) is 4.90 Å². The largest absolute Gasteiger partial charge is 0.469 e. The molecule has 3 heteroatoms. The second-order valence-corrected chi connectivity index (χ2v) is 4.70. The van der Waals surface area contributed by atoms with Crippen LogP contribution in [0, 0.1) is 11.3 Å².